The minimum Gasteiger partial charge on any atom is -0.312 e. The molecular weight excluding hydrogens is 259 g/mol. The minimum absolute atomic E-state index is 0.194. The van der Waals surface area contributed by atoms with Gasteiger partial charge in [-0.05, 0) is 47.0 Å². The van der Waals surface area contributed by atoms with Crippen molar-refractivity contribution in [2.75, 3.05) is 6.61 Å². The molecule has 0 fully saturated rings. The third-order valence-electron chi connectivity index (χ3n) is 3.29. The van der Waals surface area contributed by atoms with Crippen LogP contribution in [0.3, 0.4) is 0 Å². The molecule has 0 amide bonds. The van der Waals surface area contributed by atoms with Crippen molar-refractivity contribution < 1.29 is 13.6 Å². The van der Waals surface area contributed by atoms with Gasteiger partial charge in [0.25, 0.3) is 0 Å². The van der Waals surface area contributed by atoms with Crippen LogP contribution in [-0.4, -0.2) is 17.8 Å². The fourth-order valence-electron chi connectivity index (χ4n) is 1.10. The van der Waals surface area contributed by atoms with Crippen LogP contribution in [0.5, 0.6) is 0 Å². The first-order valence-electron chi connectivity index (χ1n) is 7.57. The third kappa shape index (κ3) is 9.79. The molecule has 116 valence electrons. The van der Waals surface area contributed by atoms with Gasteiger partial charge in [-0.25, -0.2) is 0 Å². The van der Waals surface area contributed by atoms with E-state index >= 15 is 0 Å². The lowest BCUT2D eigenvalue weighted by Crippen LogP contribution is -2.26. The monoisotopic (exact) mass is 292 g/mol. The Hall–Kier alpha value is 0.310. The van der Waals surface area contributed by atoms with Gasteiger partial charge < -0.3 is 13.6 Å². The van der Waals surface area contributed by atoms with Gasteiger partial charge in [0.2, 0.25) is 0 Å². The number of hydrogen-bond donors (Lipinski definition) is 0. The molecule has 0 bridgehead atoms. The van der Waals surface area contributed by atoms with E-state index < -0.39 is 8.60 Å². The second-order valence-electron chi connectivity index (χ2n) is 6.17. The highest BCUT2D eigenvalue weighted by atomic mass is 31.2. The molecule has 0 unspecified atom stereocenters. The molecule has 0 aromatic carbocycles. The van der Waals surface area contributed by atoms with Crippen LogP contribution < -0.4 is 0 Å². The lowest BCUT2D eigenvalue weighted by atomic mass is 10.1. The van der Waals surface area contributed by atoms with E-state index in [-0.39, 0.29) is 11.2 Å². The summed E-state index contributed by atoms with van der Waals surface area (Å²) in [7, 11) is -1.26. The first-order valence-corrected chi connectivity index (χ1v) is 8.67. The number of unbranched alkanes of at least 4 members (excludes halogenated alkanes) is 2. The maximum Gasteiger partial charge on any atom is 0.333 e. The van der Waals surface area contributed by atoms with Crippen molar-refractivity contribution in [3.63, 3.8) is 0 Å². The van der Waals surface area contributed by atoms with E-state index in [1.165, 1.54) is 12.8 Å². The van der Waals surface area contributed by atoms with E-state index in [0.717, 1.165) is 25.9 Å². The quantitative estimate of drug-likeness (QED) is 0.354. The zero-order valence-corrected chi connectivity index (χ0v) is 14.8. The molecule has 0 atom stereocenters. The Balaban J connectivity index is 4.38. The minimum atomic E-state index is -1.26. The molecule has 0 N–H and O–H groups in total. The van der Waals surface area contributed by atoms with Crippen LogP contribution in [0, 0.1) is 0 Å². The first-order chi connectivity index (χ1) is 8.76. The van der Waals surface area contributed by atoms with Crippen molar-refractivity contribution in [3.05, 3.63) is 0 Å². The molecule has 0 spiro atoms. The Morgan fingerprint density at radius 1 is 0.789 bits per heavy atom. The van der Waals surface area contributed by atoms with E-state index in [1.54, 1.807) is 0 Å². The highest BCUT2D eigenvalue weighted by Crippen LogP contribution is 2.48. The van der Waals surface area contributed by atoms with Crippen LogP contribution in [0.25, 0.3) is 0 Å². The van der Waals surface area contributed by atoms with Crippen molar-refractivity contribution in [2.45, 2.75) is 91.8 Å². The van der Waals surface area contributed by atoms with Gasteiger partial charge >= 0.3 is 8.60 Å². The van der Waals surface area contributed by atoms with Crippen LogP contribution in [0.1, 0.15) is 80.6 Å². The third-order valence-corrected chi connectivity index (χ3v) is 4.97. The van der Waals surface area contributed by atoms with Gasteiger partial charge in [-0.3, -0.25) is 0 Å². The second kappa shape index (κ2) is 9.28. The summed E-state index contributed by atoms with van der Waals surface area (Å²) in [6, 6.07) is 0. The molecule has 0 rings (SSSR count). The maximum absolute atomic E-state index is 6.03. The Bertz CT molecular complexity index is 211. The number of rotatable bonds is 11. The van der Waals surface area contributed by atoms with E-state index in [0.29, 0.717) is 0 Å². The van der Waals surface area contributed by atoms with Gasteiger partial charge in [0, 0.05) is 0 Å². The van der Waals surface area contributed by atoms with Crippen LogP contribution in [0.15, 0.2) is 0 Å². The van der Waals surface area contributed by atoms with Crippen molar-refractivity contribution >= 4 is 8.60 Å². The van der Waals surface area contributed by atoms with Gasteiger partial charge in [0.05, 0.1) is 17.8 Å². The average molecular weight is 292 g/mol. The largest absolute Gasteiger partial charge is 0.333 e. The Morgan fingerprint density at radius 3 is 1.63 bits per heavy atom. The zero-order valence-electron chi connectivity index (χ0n) is 13.9. The maximum atomic E-state index is 6.03. The van der Waals surface area contributed by atoms with E-state index in [2.05, 4.69) is 48.5 Å². The Labute approximate surface area is 121 Å². The summed E-state index contributed by atoms with van der Waals surface area (Å²) in [5.74, 6) is 0. The summed E-state index contributed by atoms with van der Waals surface area (Å²) in [4.78, 5) is 0. The summed E-state index contributed by atoms with van der Waals surface area (Å²) < 4.78 is 17.9. The van der Waals surface area contributed by atoms with Crippen LogP contribution >= 0.6 is 8.60 Å². The van der Waals surface area contributed by atoms with E-state index in [9.17, 15) is 0 Å². The fraction of sp³-hybridized carbons (Fsp3) is 1.00. The van der Waals surface area contributed by atoms with Crippen LogP contribution in [-0.2, 0) is 13.6 Å². The highest BCUT2D eigenvalue weighted by Gasteiger charge is 2.30. The molecule has 0 aliphatic rings. The topological polar surface area (TPSA) is 27.7 Å². The first kappa shape index (κ1) is 19.3. The van der Waals surface area contributed by atoms with Crippen molar-refractivity contribution in [1.82, 2.24) is 0 Å². The van der Waals surface area contributed by atoms with Crippen LogP contribution in [0.4, 0.5) is 0 Å². The predicted octanol–water partition coefficient (Wildman–Crippen LogP) is 5.83. The molecule has 0 saturated carbocycles. The predicted molar refractivity (Wildman–Crippen MR) is 83.3 cm³/mol. The van der Waals surface area contributed by atoms with Crippen LogP contribution in [0.2, 0.25) is 0 Å². The smallest absolute Gasteiger partial charge is 0.312 e. The number of hydrogen-bond acceptors (Lipinski definition) is 3. The summed E-state index contributed by atoms with van der Waals surface area (Å²) in [6.45, 7) is 15.5. The average Bonchev–Trinajstić information content (AvgIpc) is 2.33. The summed E-state index contributed by atoms with van der Waals surface area (Å²) in [6.07, 6.45) is 5.35. The lowest BCUT2D eigenvalue weighted by molar-refractivity contribution is 0.0144. The van der Waals surface area contributed by atoms with Gasteiger partial charge in [0.15, 0.2) is 0 Å². The lowest BCUT2D eigenvalue weighted by Gasteiger charge is -2.33. The van der Waals surface area contributed by atoms with Crippen molar-refractivity contribution in [2.24, 2.45) is 0 Å². The summed E-state index contributed by atoms with van der Waals surface area (Å²) in [5, 5.41) is 0. The van der Waals surface area contributed by atoms with Gasteiger partial charge in [-0.2, -0.15) is 0 Å². The van der Waals surface area contributed by atoms with Gasteiger partial charge in [0.1, 0.15) is 0 Å². The van der Waals surface area contributed by atoms with Crippen molar-refractivity contribution in [3.8, 4) is 0 Å². The van der Waals surface area contributed by atoms with E-state index in [4.69, 9.17) is 13.6 Å². The second-order valence-corrected chi connectivity index (χ2v) is 7.24. The Morgan fingerprint density at radius 2 is 1.26 bits per heavy atom. The summed E-state index contributed by atoms with van der Waals surface area (Å²) in [5.41, 5.74) is -0.388. The Kier molecular flexibility index (Phi) is 9.43. The molecule has 0 radical (unpaired) electrons. The molecule has 4 heteroatoms. The van der Waals surface area contributed by atoms with Crippen molar-refractivity contribution in [1.29, 1.82) is 0 Å². The molecule has 0 aliphatic carbocycles. The van der Waals surface area contributed by atoms with Gasteiger partial charge in [-0.1, -0.05) is 33.6 Å². The zero-order chi connectivity index (χ0) is 14.9. The molecule has 0 aromatic rings. The molecule has 0 aliphatic heterocycles. The molecule has 0 aromatic heterocycles. The molecule has 3 nitrogen and oxygen atoms in total. The van der Waals surface area contributed by atoms with Gasteiger partial charge in [-0.15, -0.1) is 0 Å². The fourth-order valence-corrected chi connectivity index (χ4v) is 2.58. The molecule has 19 heavy (non-hydrogen) atoms. The molecular formula is C15H33O3P. The summed E-state index contributed by atoms with van der Waals surface area (Å²) >= 11 is 0. The SMILES string of the molecule is CCCCCOP(OC(C)(C)CC)OC(C)(C)CC. The highest BCUT2D eigenvalue weighted by molar-refractivity contribution is 7.41. The molecule has 0 heterocycles. The normalized spacial score (nSPS) is 13.3. The van der Waals surface area contributed by atoms with E-state index in [1.807, 2.05) is 0 Å². The standard InChI is InChI=1S/C15H33O3P/c1-8-11-12-13-16-19(17-14(4,5)9-2)18-15(6,7)10-3/h8-13H2,1-7H3. The molecule has 0 saturated heterocycles.